The minimum Gasteiger partial charge on any atom is -0.466 e. The highest BCUT2D eigenvalue weighted by Crippen LogP contribution is 2.18. The molecule has 0 aliphatic heterocycles. The smallest absolute Gasteiger partial charge is 0.305 e. The average molecular weight is 961 g/mol. The second-order valence-electron chi connectivity index (χ2n) is 21.4. The molecule has 0 fully saturated rings. The Balaban J connectivity index is 3.36. The fourth-order valence-electron chi connectivity index (χ4n) is 9.81. The van der Waals surface area contributed by atoms with Crippen molar-refractivity contribution in [3.63, 3.8) is 0 Å². The number of ether oxygens (including phenoxy) is 1. The second-order valence-corrected chi connectivity index (χ2v) is 21.4. The van der Waals surface area contributed by atoms with Gasteiger partial charge in [-0.2, -0.15) is 0 Å². The quantitative estimate of drug-likeness (QED) is 0.0321. The Hall–Kier alpha value is -1.40. The number of hydrogen-bond acceptors (Lipinski definition) is 5. The molecule has 0 saturated heterocycles. The number of unbranched alkanes of at least 4 members (excludes halogenated alkanes) is 45. The van der Waals surface area contributed by atoms with Crippen LogP contribution >= 0.6 is 0 Å². The van der Waals surface area contributed by atoms with Crippen molar-refractivity contribution < 1.29 is 24.5 Å². The summed E-state index contributed by atoms with van der Waals surface area (Å²) in [5.41, 5.74) is 0. The molecule has 6 heteroatoms. The van der Waals surface area contributed by atoms with Crippen LogP contribution in [0.2, 0.25) is 0 Å². The fourth-order valence-corrected chi connectivity index (χ4v) is 9.81. The minimum atomic E-state index is -0.665. The number of aliphatic hydroxyl groups excluding tert-OH is 2. The van der Waals surface area contributed by atoms with Gasteiger partial charge in [-0.15, -0.1) is 0 Å². The number of aliphatic hydroxyl groups is 2. The van der Waals surface area contributed by atoms with Gasteiger partial charge in [-0.05, 0) is 51.4 Å². The zero-order valence-electron chi connectivity index (χ0n) is 46.1. The van der Waals surface area contributed by atoms with Crippen LogP contribution in [0.1, 0.15) is 348 Å². The highest BCUT2D eigenvalue weighted by atomic mass is 16.5. The number of nitrogens with one attached hydrogen (secondary N) is 1. The van der Waals surface area contributed by atoms with E-state index in [2.05, 4.69) is 31.3 Å². The monoisotopic (exact) mass is 960 g/mol. The summed E-state index contributed by atoms with van der Waals surface area (Å²) < 4.78 is 5.50. The van der Waals surface area contributed by atoms with Crippen LogP contribution in [0.3, 0.4) is 0 Å². The van der Waals surface area contributed by atoms with Gasteiger partial charge in [-0.3, -0.25) is 9.59 Å². The number of amides is 1. The number of rotatable bonds is 58. The van der Waals surface area contributed by atoms with E-state index < -0.39 is 12.1 Å². The summed E-state index contributed by atoms with van der Waals surface area (Å²) in [5, 5.41) is 23.2. The predicted molar refractivity (Wildman–Crippen MR) is 297 cm³/mol. The van der Waals surface area contributed by atoms with Crippen molar-refractivity contribution in [3.8, 4) is 0 Å². The Labute approximate surface area is 425 Å². The fraction of sp³-hybridized carbons (Fsp3) is 0.935. The maximum absolute atomic E-state index is 12.5. The van der Waals surface area contributed by atoms with Crippen molar-refractivity contribution in [1.82, 2.24) is 5.32 Å². The van der Waals surface area contributed by atoms with Gasteiger partial charge in [0.15, 0.2) is 0 Å². The molecule has 0 bridgehead atoms. The Morgan fingerprint density at radius 2 is 0.691 bits per heavy atom. The molecule has 0 aromatic rings. The Morgan fingerprint density at radius 1 is 0.397 bits per heavy atom. The van der Waals surface area contributed by atoms with Gasteiger partial charge in [0.2, 0.25) is 5.91 Å². The second kappa shape index (κ2) is 58.2. The number of carbonyl (C=O) groups excluding carboxylic acids is 2. The molecular formula is C62H121NO5. The first-order valence-electron chi connectivity index (χ1n) is 30.9. The van der Waals surface area contributed by atoms with Crippen molar-refractivity contribution in [1.29, 1.82) is 0 Å². The van der Waals surface area contributed by atoms with Gasteiger partial charge in [-0.1, -0.05) is 296 Å². The average Bonchev–Trinajstić information content (AvgIpc) is 3.34. The highest BCUT2D eigenvalue weighted by Gasteiger charge is 2.20. The standard InChI is InChI=1S/C62H121NO5/c1-3-5-7-9-11-13-15-17-18-19-21-25-28-32-36-40-44-48-52-56-62(67)68-57-53-49-45-41-37-33-29-26-23-20-22-24-27-31-35-39-43-47-51-55-61(66)63-59(58-64)60(65)54-50-46-42-38-34-30-16-14-12-10-8-6-4-2/h17-18,59-60,64-65H,3-16,19-58H2,1-2H3,(H,63,66)/b18-17-. The van der Waals surface area contributed by atoms with Crippen molar-refractivity contribution in [2.24, 2.45) is 0 Å². The summed E-state index contributed by atoms with van der Waals surface area (Å²) in [7, 11) is 0. The summed E-state index contributed by atoms with van der Waals surface area (Å²) in [6, 6.07) is -0.542. The molecule has 1 amide bonds. The van der Waals surface area contributed by atoms with Gasteiger partial charge in [0.25, 0.3) is 0 Å². The molecular weight excluding hydrogens is 839 g/mol. The van der Waals surface area contributed by atoms with Gasteiger partial charge in [-0.25, -0.2) is 0 Å². The third kappa shape index (κ3) is 53.9. The molecule has 404 valence electrons. The van der Waals surface area contributed by atoms with Crippen LogP contribution in [-0.4, -0.2) is 47.4 Å². The van der Waals surface area contributed by atoms with Crippen molar-refractivity contribution in [3.05, 3.63) is 12.2 Å². The first-order chi connectivity index (χ1) is 33.5. The molecule has 0 rings (SSSR count). The number of hydrogen-bond donors (Lipinski definition) is 3. The van der Waals surface area contributed by atoms with Gasteiger partial charge in [0.05, 0.1) is 25.4 Å². The van der Waals surface area contributed by atoms with E-state index in [1.54, 1.807) is 0 Å². The van der Waals surface area contributed by atoms with E-state index in [4.69, 9.17) is 4.74 Å². The van der Waals surface area contributed by atoms with E-state index in [0.29, 0.717) is 25.9 Å². The lowest BCUT2D eigenvalue weighted by atomic mass is 10.0. The molecule has 2 atom stereocenters. The normalized spacial score (nSPS) is 12.6. The third-order valence-corrected chi connectivity index (χ3v) is 14.6. The molecule has 0 radical (unpaired) electrons. The van der Waals surface area contributed by atoms with E-state index >= 15 is 0 Å². The van der Waals surface area contributed by atoms with Crippen LogP contribution in [0.25, 0.3) is 0 Å². The molecule has 0 aromatic carbocycles. The zero-order chi connectivity index (χ0) is 49.3. The summed E-state index contributed by atoms with van der Waals surface area (Å²) in [4.78, 5) is 24.6. The van der Waals surface area contributed by atoms with Crippen LogP contribution in [0.15, 0.2) is 12.2 Å². The van der Waals surface area contributed by atoms with Crippen molar-refractivity contribution >= 4 is 11.9 Å². The van der Waals surface area contributed by atoms with Crippen molar-refractivity contribution in [2.45, 2.75) is 360 Å². The SMILES string of the molecule is CCCCCCCC/C=C\CCCCCCCCCCCC(=O)OCCCCCCCCCCCCCCCCCCCCCC(=O)NC(CO)C(O)CCCCCCCCCCCCCCC. The van der Waals surface area contributed by atoms with Crippen LogP contribution in [0.4, 0.5) is 0 Å². The van der Waals surface area contributed by atoms with E-state index in [0.717, 1.165) is 44.9 Å². The zero-order valence-corrected chi connectivity index (χ0v) is 46.1. The van der Waals surface area contributed by atoms with Gasteiger partial charge in [0.1, 0.15) is 0 Å². The summed E-state index contributed by atoms with van der Waals surface area (Å²) >= 11 is 0. The Morgan fingerprint density at radius 3 is 1.04 bits per heavy atom. The predicted octanol–water partition coefficient (Wildman–Crippen LogP) is 19.2. The molecule has 0 aliphatic rings. The van der Waals surface area contributed by atoms with E-state index in [1.807, 2.05) is 0 Å². The third-order valence-electron chi connectivity index (χ3n) is 14.6. The van der Waals surface area contributed by atoms with E-state index in [1.165, 1.54) is 270 Å². The lowest BCUT2D eigenvalue weighted by Gasteiger charge is -2.22. The van der Waals surface area contributed by atoms with Crippen LogP contribution in [0.5, 0.6) is 0 Å². The molecule has 0 aromatic heterocycles. The molecule has 68 heavy (non-hydrogen) atoms. The lowest BCUT2D eigenvalue weighted by molar-refractivity contribution is -0.143. The maximum atomic E-state index is 12.5. The van der Waals surface area contributed by atoms with Gasteiger partial charge < -0.3 is 20.3 Å². The van der Waals surface area contributed by atoms with E-state index in [-0.39, 0.29) is 18.5 Å². The number of carbonyl (C=O) groups is 2. The van der Waals surface area contributed by atoms with Crippen LogP contribution in [-0.2, 0) is 14.3 Å². The van der Waals surface area contributed by atoms with Gasteiger partial charge >= 0.3 is 5.97 Å². The maximum Gasteiger partial charge on any atom is 0.305 e. The first-order valence-corrected chi connectivity index (χ1v) is 30.9. The topological polar surface area (TPSA) is 95.9 Å². The summed E-state index contributed by atoms with van der Waals surface area (Å²) in [5.74, 6) is -0.0268. The lowest BCUT2D eigenvalue weighted by Crippen LogP contribution is -2.45. The molecule has 6 nitrogen and oxygen atoms in total. The first kappa shape index (κ1) is 66.6. The summed E-state index contributed by atoms with van der Waals surface area (Å²) in [6.07, 6.45) is 69.3. The largest absolute Gasteiger partial charge is 0.466 e. The molecule has 3 N–H and O–H groups in total. The Bertz CT molecular complexity index is 1020. The highest BCUT2D eigenvalue weighted by molar-refractivity contribution is 5.76. The number of allylic oxidation sites excluding steroid dienone is 2. The molecule has 0 spiro atoms. The Kier molecular flexibility index (Phi) is 57.0. The summed E-state index contributed by atoms with van der Waals surface area (Å²) in [6.45, 7) is 4.96. The minimum absolute atomic E-state index is 0.00938. The molecule has 0 heterocycles. The van der Waals surface area contributed by atoms with Crippen LogP contribution < -0.4 is 5.32 Å². The van der Waals surface area contributed by atoms with Gasteiger partial charge in [0, 0.05) is 12.8 Å². The van der Waals surface area contributed by atoms with Crippen LogP contribution in [0, 0.1) is 0 Å². The molecule has 0 saturated carbocycles. The van der Waals surface area contributed by atoms with E-state index in [9.17, 15) is 19.8 Å². The molecule has 2 unspecified atom stereocenters. The van der Waals surface area contributed by atoms with Crippen molar-refractivity contribution in [2.75, 3.05) is 13.2 Å². The molecule has 0 aliphatic carbocycles. The number of esters is 1.